The molecule has 0 saturated carbocycles. The van der Waals surface area contributed by atoms with Crippen LogP contribution < -0.4 is 9.47 Å². The van der Waals surface area contributed by atoms with Gasteiger partial charge in [0.1, 0.15) is 11.5 Å². The molecular weight excluding hydrogens is 280 g/mol. The monoisotopic (exact) mass is 298 g/mol. The van der Waals surface area contributed by atoms with Crippen LogP contribution in [0.3, 0.4) is 0 Å². The van der Waals surface area contributed by atoms with Gasteiger partial charge in [0.25, 0.3) is 0 Å². The highest BCUT2D eigenvalue weighted by atomic mass is 16.5. The molecule has 0 atom stereocenters. The fraction of sp³-hybridized carbons (Fsp3) is 0.176. The molecule has 0 aliphatic rings. The van der Waals surface area contributed by atoms with E-state index < -0.39 is 0 Å². The molecule has 0 bridgehead atoms. The number of rotatable bonds is 6. The van der Waals surface area contributed by atoms with E-state index in [0.29, 0.717) is 22.9 Å². The van der Waals surface area contributed by atoms with Crippen molar-refractivity contribution in [3.05, 3.63) is 60.4 Å². The topological polar surface area (TPSA) is 51.7 Å². The van der Waals surface area contributed by atoms with E-state index in [0.717, 1.165) is 0 Å². The van der Waals surface area contributed by atoms with Crippen LogP contribution in [-0.4, -0.2) is 36.9 Å². The zero-order valence-corrected chi connectivity index (χ0v) is 12.8. The van der Waals surface area contributed by atoms with Gasteiger partial charge in [0.2, 0.25) is 5.88 Å². The average molecular weight is 298 g/mol. The Morgan fingerprint density at radius 1 is 1.23 bits per heavy atom. The second kappa shape index (κ2) is 7.26. The maximum atomic E-state index is 12.3. The first-order valence-corrected chi connectivity index (χ1v) is 6.76. The lowest BCUT2D eigenvalue weighted by atomic mass is 10.1. The SMILES string of the molecule is COc1ccc(C(=O)/C=C/N(C)C)c(Oc2ccccn2)c1. The van der Waals surface area contributed by atoms with E-state index >= 15 is 0 Å². The van der Waals surface area contributed by atoms with Crippen molar-refractivity contribution >= 4 is 5.78 Å². The Balaban J connectivity index is 2.34. The molecule has 0 fully saturated rings. The molecule has 0 aliphatic heterocycles. The summed E-state index contributed by atoms with van der Waals surface area (Å²) in [6.07, 6.45) is 4.81. The Bertz CT molecular complexity index is 667. The standard InChI is InChI=1S/C17H18N2O3/c1-19(2)11-9-15(20)14-8-7-13(21-3)12-16(14)22-17-6-4-5-10-18-17/h4-12H,1-3H3/b11-9+. The number of hydrogen-bond donors (Lipinski definition) is 0. The second-order valence-electron chi connectivity index (χ2n) is 4.78. The number of benzene rings is 1. The predicted octanol–water partition coefficient (Wildman–Crippen LogP) is 3.14. The summed E-state index contributed by atoms with van der Waals surface area (Å²) in [7, 11) is 5.26. The summed E-state index contributed by atoms with van der Waals surface area (Å²) in [6, 6.07) is 10.4. The summed E-state index contributed by atoms with van der Waals surface area (Å²) < 4.78 is 10.9. The van der Waals surface area contributed by atoms with Gasteiger partial charge in [0.05, 0.1) is 12.7 Å². The molecular formula is C17H18N2O3. The number of methoxy groups -OCH3 is 1. The van der Waals surface area contributed by atoms with Gasteiger partial charge in [-0.05, 0) is 18.2 Å². The summed E-state index contributed by atoms with van der Waals surface area (Å²) in [5.74, 6) is 1.29. The molecule has 0 saturated heterocycles. The first-order valence-electron chi connectivity index (χ1n) is 6.76. The molecule has 1 aromatic heterocycles. The Morgan fingerprint density at radius 2 is 2.05 bits per heavy atom. The molecule has 5 nitrogen and oxygen atoms in total. The number of hydrogen-bond acceptors (Lipinski definition) is 5. The first kappa shape index (κ1) is 15.6. The quantitative estimate of drug-likeness (QED) is 0.606. The lowest BCUT2D eigenvalue weighted by molar-refractivity contribution is 0.104. The Morgan fingerprint density at radius 3 is 2.68 bits per heavy atom. The van der Waals surface area contributed by atoms with E-state index in [-0.39, 0.29) is 5.78 Å². The molecule has 0 unspecified atom stereocenters. The van der Waals surface area contributed by atoms with E-state index in [4.69, 9.17) is 9.47 Å². The van der Waals surface area contributed by atoms with Gasteiger partial charge in [-0.25, -0.2) is 4.98 Å². The molecule has 2 rings (SSSR count). The molecule has 2 aromatic rings. The zero-order valence-electron chi connectivity index (χ0n) is 12.8. The van der Waals surface area contributed by atoms with Crippen molar-refractivity contribution in [2.75, 3.05) is 21.2 Å². The molecule has 0 aliphatic carbocycles. The highest BCUT2D eigenvalue weighted by Gasteiger charge is 2.13. The minimum absolute atomic E-state index is 0.151. The zero-order chi connectivity index (χ0) is 15.9. The summed E-state index contributed by atoms with van der Waals surface area (Å²) in [5.41, 5.74) is 0.449. The van der Waals surface area contributed by atoms with Crippen molar-refractivity contribution in [3.63, 3.8) is 0 Å². The molecule has 1 aromatic carbocycles. The summed E-state index contributed by atoms with van der Waals surface area (Å²) in [5, 5.41) is 0. The minimum atomic E-state index is -0.151. The highest BCUT2D eigenvalue weighted by molar-refractivity contribution is 6.06. The molecule has 22 heavy (non-hydrogen) atoms. The second-order valence-corrected chi connectivity index (χ2v) is 4.78. The number of carbonyl (C=O) groups is 1. The van der Waals surface area contributed by atoms with Crippen LogP contribution in [0.25, 0.3) is 0 Å². The van der Waals surface area contributed by atoms with Crippen LogP contribution in [0.5, 0.6) is 17.4 Å². The summed E-state index contributed by atoms with van der Waals surface area (Å²) in [4.78, 5) is 18.2. The smallest absolute Gasteiger partial charge is 0.219 e. The van der Waals surface area contributed by atoms with E-state index in [9.17, 15) is 4.79 Å². The van der Waals surface area contributed by atoms with Crippen LogP contribution in [0.2, 0.25) is 0 Å². The lowest BCUT2D eigenvalue weighted by Crippen LogP contribution is -2.04. The van der Waals surface area contributed by atoms with Gasteiger partial charge >= 0.3 is 0 Å². The van der Waals surface area contributed by atoms with Crippen LogP contribution in [0.15, 0.2) is 54.9 Å². The van der Waals surface area contributed by atoms with Crippen molar-refractivity contribution in [1.82, 2.24) is 9.88 Å². The van der Waals surface area contributed by atoms with Crippen molar-refractivity contribution in [1.29, 1.82) is 0 Å². The van der Waals surface area contributed by atoms with Gasteiger partial charge in [-0.2, -0.15) is 0 Å². The van der Waals surface area contributed by atoms with E-state index in [2.05, 4.69) is 4.98 Å². The Kier molecular flexibility index (Phi) is 5.14. The Labute approximate surface area is 129 Å². The van der Waals surface area contributed by atoms with E-state index in [1.807, 2.05) is 20.2 Å². The highest BCUT2D eigenvalue weighted by Crippen LogP contribution is 2.29. The molecule has 1 heterocycles. The Hall–Kier alpha value is -2.82. The van der Waals surface area contributed by atoms with E-state index in [1.165, 1.54) is 6.08 Å². The number of aromatic nitrogens is 1. The maximum absolute atomic E-state index is 12.3. The predicted molar refractivity (Wildman–Crippen MR) is 84.5 cm³/mol. The van der Waals surface area contributed by atoms with Crippen LogP contribution in [0.1, 0.15) is 10.4 Å². The third-order valence-electron chi connectivity index (χ3n) is 2.83. The third kappa shape index (κ3) is 4.09. The molecule has 0 N–H and O–H groups in total. The fourth-order valence-corrected chi connectivity index (χ4v) is 1.74. The van der Waals surface area contributed by atoms with Crippen LogP contribution in [0.4, 0.5) is 0 Å². The largest absolute Gasteiger partial charge is 0.497 e. The molecule has 0 amide bonds. The normalized spacial score (nSPS) is 10.5. The van der Waals surface area contributed by atoms with Crippen LogP contribution in [0, 0.1) is 0 Å². The number of nitrogens with zero attached hydrogens (tertiary/aromatic N) is 2. The average Bonchev–Trinajstić information content (AvgIpc) is 2.53. The number of allylic oxidation sites excluding steroid dienone is 1. The molecule has 5 heteroatoms. The maximum Gasteiger partial charge on any atom is 0.219 e. The number of ketones is 1. The van der Waals surface area contributed by atoms with E-state index in [1.54, 1.807) is 54.7 Å². The fourth-order valence-electron chi connectivity index (χ4n) is 1.74. The minimum Gasteiger partial charge on any atom is -0.497 e. The van der Waals surface area contributed by atoms with Crippen molar-refractivity contribution in [2.45, 2.75) is 0 Å². The molecule has 114 valence electrons. The summed E-state index contributed by atoms with van der Waals surface area (Å²) >= 11 is 0. The number of ether oxygens (including phenoxy) is 2. The number of pyridine rings is 1. The van der Waals surface area contributed by atoms with Gasteiger partial charge in [0.15, 0.2) is 5.78 Å². The first-order chi connectivity index (χ1) is 10.6. The van der Waals surface area contributed by atoms with Gasteiger partial charge in [0, 0.05) is 44.7 Å². The lowest BCUT2D eigenvalue weighted by Gasteiger charge is -2.11. The van der Waals surface area contributed by atoms with Crippen molar-refractivity contribution < 1.29 is 14.3 Å². The summed E-state index contributed by atoms with van der Waals surface area (Å²) in [6.45, 7) is 0. The van der Waals surface area contributed by atoms with Gasteiger partial charge in [-0.3, -0.25) is 4.79 Å². The third-order valence-corrected chi connectivity index (χ3v) is 2.83. The van der Waals surface area contributed by atoms with Crippen molar-refractivity contribution in [2.24, 2.45) is 0 Å². The molecule has 0 spiro atoms. The van der Waals surface area contributed by atoms with Gasteiger partial charge in [-0.1, -0.05) is 6.07 Å². The number of carbonyl (C=O) groups excluding carboxylic acids is 1. The van der Waals surface area contributed by atoms with Crippen molar-refractivity contribution in [3.8, 4) is 17.4 Å². The van der Waals surface area contributed by atoms with Crippen LogP contribution >= 0.6 is 0 Å². The van der Waals surface area contributed by atoms with Crippen LogP contribution in [-0.2, 0) is 0 Å². The molecule has 0 radical (unpaired) electrons. The van der Waals surface area contributed by atoms with Gasteiger partial charge in [-0.15, -0.1) is 0 Å². The van der Waals surface area contributed by atoms with Gasteiger partial charge < -0.3 is 14.4 Å².